The van der Waals surface area contributed by atoms with E-state index < -0.39 is 0 Å². The minimum atomic E-state index is 0.682. The van der Waals surface area contributed by atoms with Gasteiger partial charge in [0.15, 0.2) is 0 Å². The molecule has 3 heteroatoms. The number of likely N-dealkylation sites (tertiary alicyclic amines) is 2. The molecule has 0 aromatic heterocycles. The molecule has 0 amide bonds. The van der Waals surface area contributed by atoms with Gasteiger partial charge in [-0.1, -0.05) is 24.6 Å². The average molecular weight is 285 g/mol. The molecule has 2 atom stereocenters. The van der Waals surface area contributed by atoms with Crippen LogP contribution in [0.25, 0.3) is 0 Å². The lowest BCUT2D eigenvalue weighted by Gasteiger charge is -2.32. The lowest BCUT2D eigenvalue weighted by molar-refractivity contribution is 0.161. The summed E-state index contributed by atoms with van der Waals surface area (Å²) in [7, 11) is 0. The van der Waals surface area contributed by atoms with Gasteiger partial charge in [-0.15, -0.1) is 0 Å². The van der Waals surface area contributed by atoms with E-state index in [9.17, 15) is 0 Å². The standard InChI is InChI=1S/C18H27N3/c1-4-9-21(10-5-1)16-8-11-20(14-16)13-15-12-19-18-7-3-2-6-17(15)18/h2-3,6-7,15-16,19H,1,4-5,8-14H2. The van der Waals surface area contributed by atoms with Crippen molar-refractivity contribution < 1.29 is 0 Å². The SMILES string of the molecule is c1ccc2c(c1)NCC2CN1CCC(N2CCCCC2)C1. The van der Waals surface area contributed by atoms with Crippen molar-refractivity contribution in [1.29, 1.82) is 0 Å². The molecule has 1 aromatic rings. The Kier molecular flexibility index (Phi) is 3.87. The third-order valence-corrected chi connectivity index (χ3v) is 5.57. The van der Waals surface area contributed by atoms with Gasteiger partial charge in [-0.05, 0) is 50.5 Å². The van der Waals surface area contributed by atoms with E-state index in [1.165, 1.54) is 69.7 Å². The average Bonchev–Trinajstić information content (AvgIpc) is 3.17. The number of para-hydroxylation sites is 1. The summed E-state index contributed by atoms with van der Waals surface area (Å²) in [5.74, 6) is 0.682. The molecule has 4 rings (SSSR count). The summed E-state index contributed by atoms with van der Waals surface area (Å²) < 4.78 is 0. The predicted octanol–water partition coefficient (Wildman–Crippen LogP) is 2.76. The first-order chi connectivity index (χ1) is 10.4. The number of nitrogens with one attached hydrogen (secondary N) is 1. The van der Waals surface area contributed by atoms with Gasteiger partial charge in [0.05, 0.1) is 0 Å². The maximum atomic E-state index is 3.56. The van der Waals surface area contributed by atoms with Gasteiger partial charge in [-0.3, -0.25) is 4.90 Å². The van der Waals surface area contributed by atoms with Gasteiger partial charge in [0.1, 0.15) is 0 Å². The van der Waals surface area contributed by atoms with Crippen LogP contribution in [-0.4, -0.2) is 55.1 Å². The van der Waals surface area contributed by atoms with E-state index in [-0.39, 0.29) is 0 Å². The molecule has 2 fully saturated rings. The monoisotopic (exact) mass is 285 g/mol. The normalized spacial score (nSPS) is 30.3. The lowest BCUT2D eigenvalue weighted by atomic mass is 10.0. The first-order valence-corrected chi connectivity index (χ1v) is 8.69. The van der Waals surface area contributed by atoms with Gasteiger partial charge in [-0.25, -0.2) is 0 Å². The van der Waals surface area contributed by atoms with E-state index in [4.69, 9.17) is 0 Å². The molecule has 0 saturated carbocycles. The van der Waals surface area contributed by atoms with Crippen LogP contribution in [0.5, 0.6) is 0 Å². The Bertz CT molecular complexity index is 481. The topological polar surface area (TPSA) is 18.5 Å². The Morgan fingerprint density at radius 2 is 1.90 bits per heavy atom. The van der Waals surface area contributed by atoms with E-state index >= 15 is 0 Å². The number of hydrogen-bond acceptors (Lipinski definition) is 3. The van der Waals surface area contributed by atoms with Crippen LogP contribution in [-0.2, 0) is 0 Å². The molecule has 0 aliphatic carbocycles. The van der Waals surface area contributed by atoms with Crippen LogP contribution in [0.3, 0.4) is 0 Å². The fourth-order valence-electron chi connectivity index (χ4n) is 4.39. The highest BCUT2D eigenvalue weighted by atomic mass is 15.3. The van der Waals surface area contributed by atoms with Gasteiger partial charge in [-0.2, -0.15) is 0 Å². The third-order valence-electron chi connectivity index (χ3n) is 5.57. The molecular formula is C18H27N3. The van der Waals surface area contributed by atoms with Crippen LogP contribution in [0, 0.1) is 0 Å². The van der Waals surface area contributed by atoms with Crippen molar-refractivity contribution in [2.45, 2.75) is 37.6 Å². The third kappa shape index (κ3) is 2.82. The highest BCUT2D eigenvalue weighted by Gasteiger charge is 2.31. The van der Waals surface area contributed by atoms with Gasteiger partial charge in [0, 0.05) is 37.3 Å². The minimum absolute atomic E-state index is 0.682. The first kappa shape index (κ1) is 13.6. The Hall–Kier alpha value is -1.06. The molecule has 21 heavy (non-hydrogen) atoms. The van der Waals surface area contributed by atoms with Crippen LogP contribution < -0.4 is 5.32 Å². The lowest BCUT2D eigenvalue weighted by Crippen LogP contribution is -2.41. The second-order valence-corrected chi connectivity index (χ2v) is 6.96. The molecule has 2 unspecified atom stereocenters. The molecule has 3 aliphatic heterocycles. The van der Waals surface area contributed by atoms with Crippen molar-refractivity contribution in [1.82, 2.24) is 9.80 Å². The zero-order valence-electron chi connectivity index (χ0n) is 12.9. The van der Waals surface area contributed by atoms with Crippen molar-refractivity contribution in [3.05, 3.63) is 29.8 Å². The first-order valence-electron chi connectivity index (χ1n) is 8.69. The molecule has 3 aliphatic rings. The largest absolute Gasteiger partial charge is 0.384 e. The summed E-state index contributed by atoms with van der Waals surface area (Å²) in [5.41, 5.74) is 2.88. The second kappa shape index (κ2) is 5.98. The number of anilines is 1. The Balaban J connectivity index is 1.35. The van der Waals surface area contributed by atoms with E-state index in [2.05, 4.69) is 39.4 Å². The van der Waals surface area contributed by atoms with Crippen LogP contribution >= 0.6 is 0 Å². The molecule has 3 nitrogen and oxygen atoms in total. The quantitative estimate of drug-likeness (QED) is 0.921. The Labute approximate surface area is 128 Å². The molecule has 0 spiro atoms. The Morgan fingerprint density at radius 3 is 2.81 bits per heavy atom. The predicted molar refractivity (Wildman–Crippen MR) is 87.9 cm³/mol. The van der Waals surface area contributed by atoms with Crippen LogP contribution in [0.4, 0.5) is 5.69 Å². The molecule has 114 valence electrons. The summed E-state index contributed by atoms with van der Waals surface area (Å²) in [6.07, 6.45) is 5.64. The number of rotatable bonds is 3. The van der Waals surface area contributed by atoms with Crippen LogP contribution in [0.15, 0.2) is 24.3 Å². The maximum Gasteiger partial charge on any atom is 0.0376 e. The minimum Gasteiger partial charge on any atom is -0.384 e. The summed E-state index contributed by atoms with van der Waals surface area (Å²) in [4.78, 5) is 5.46. The highest BCUT2D eigenvalue weighted by molar-refractivity contribution is 5.57. The Morgan fingerprint density at radius 1 is 1.05 bits per heavy atom. The smallest absolute Gasteiger partial charge is 0.0376 e. The van der Waals surface area contributed by atoms with E-state index in [0.717, 1.165) is 12.6 Å². The molecule has 1 N–H and O–H groups in total. The fourth-order valence-corrected chi connectivity index (χ4v) is 4.39. The number of hydrogen-bond donors (Lipinski definition) is 1. The van der Waals surface area contributed by atoms with E-state index in [0.29, 0.717) is 5.92 Å². The number of nitrogens with zero attached hydrogens (tertiary/aromatic N) is 2. The highest BCUT2D eigenvalue weighted by Crippen LogP contribution is 2.32. The summed E-state index contributed by atoms with van der Waals surface area (Å²) in [6.45, 7) is 7.61. The molecule has 2 saturated heterocycles. The zero-order chi connectivity index (χ0) is 14.1. The molecule has 3 heterocycles. The van der Waals surface area contributed by atoms with Crippen LogP contribution in [0.2, 0.25) is 0 Å². The number of fused-ring (bicyclic) bond motifs is 1. The van der Waals surface area contributed by atoms with E-state index in [1.807, 2.05) is 0 Å². The molecular weight excluding hydrogens is 258 g/mol. The van der Waals surface area contributed by atoms with Gasteiger partial charge in [0.2, 0.25) is 0 Å². The fraction of sp³-hybridized carbons (Fsp3) is 0.667. The molecule has 1 aromatic carbocycles. The van der Waals surface area contributed by atoms with Gasteiger partial charge < -0.3 is 10.2 Å². The molecule has 0 radical (unpaired) electrons. The second-order valence-electron chi connectivity index (χ2n) is 6.96. The van der Waals surface area contributed by atoms with Crippen molar-refractivity contribution >= 4 is 5.69 Å². The van der Waals surface area contributed by atoms with Crippen molar-refractivity contribution in [3.8, 4) is 0 Å². The van der Waals surface area contributed by atoms with Gasteiger partial charge in [0.25, 0.3) is 0 Å². The van der Waals surface area contributed by atoms with Crippen molar-refractivity contribution in [3.63, 3.8) is 0 Å². The summed E-state index contributed by atoms with van der Waals surface area (Å²) >= 11 is 0. The number of piperidine rings is 1. The zero-order valence-corrected chi connectivity index (χ0v) is 12.9. The van der Waals surface area contributed by atoms with Crippen molar-refractivity contribution in [2.75, 3.05) is 44.6 Å². The van der Waals surface area contributed by atoms with Crippen LogP contribution in [0.1, 0.15) is 37.2 Å². The number of benzene rings is 1. The summed E-state index contributed by atoms with van der Waals surface area (Å²) in [5, 5.41) is 3.56. The summed E-state index contributed by atoms with van der Waals surface area (Å²) in [6, 6.07) is 9.67. The van der Waals surface area contributed by atoms with Crippen molar-refractivity contribution in [2.24, 2.45) is 0 Å². The van der Waals surface area contributed by atoms with E-state index in [1.54, 1.807) is 0 Å². The van der Waals surface area contributed by atoms with Gasteiger partial charge >= 0.3 is 0 Å². The maximum absolute atomic E-state index is 3.56. The molecule has 0 bridgehead atoms.